The van der Waals surface area contributed by atoms with Crippen molar-refractivity contribution in [1.29, 1.82) is 5.26 Å². The Hall–Kier alpha value is -2.45. The molecule has 0 aliphatic carbocycles. The SMILES string of the molecule is CN(CCCOc1cccc(C#N)c1)Cc1cnccn1. The van der Waals surface area contributed by atoms with Crippen LogP contribution in [0, 0.1) is 11.3 Å². The summed E-state index contributed by atoms with van der Waals surface area (Å²) in [5.41, 5.74) is 1.58. The van der Waals surface area contributed by atoms with Crippen LogP contribution in [0.15, 0.2) is 42.9 Å². The van der Waals surface area contributed by atoms with Gasteiger partial charge in [0.05, 0.1) is 23.9 Å². The smallest absolute Gasteiger partial charge is 0.120 e. The molecule has 2 rings (SSSR count). The summed E-state index contributed by atoms with van der Waals surface area (Å²) >= 11 is 0. The van der Waals surface area contributed by atoms with E-state index in [1.165, 1.54) is 0 Å². The summed E-state index contributed by atoms with van der Waals surface area (Å²) in [5.74, 6) is 0.741. The molecule has 0 aliphatic heterocycles. The van der Waals surface area contributed by atoms with Gasteiger partial charge in [-0.1, -0.05) is 6.07 Å². The van der Waals surface area contributed by atoms with Crippen molar-refractivity contribution in [3.63, 3.8) is 0 Å². The normalized spacial score (nSPS) is 10.3. The summed E-state index contributed by atoms with van der Waals surface area (Å²) in [6.07, 6.45) is 6.06. The first-order valence-electron chi connectivity index (χ1n) is 6.84. The Morgan fingerprint density at radius 1 is 1.33 bits per heavy atom. The molecule has 21 heavy (non-hydrogen) atoms. The standard InChI is InChI=1S/C16H18N4O/c1-20(13-15-12-18-6-7-19-15)8-3-9-21-16-5-2-4-14(10-16)11-17/h2,4-7,10,12H,3,8-9,13H2,1H3. The van der Waals surface area contributed by atoms with Gasteiger partial charge in [0.25, 0.3) is 0 Å². The van der Waals surface area contributed by atoms with Gasteiger partial charge in [0.1, 0.15) is 5.75 Å². The molecule has 0 saturated carbocycles. The van der Waals surface area contributed by atoms with Crippen LogP contribution in [0.2, 0.25) is 0 Å². The predicted molar refractivity (Wildman–Crippen MR) is 79.6 cm³/mol. The lowest BCUT2D eigenvalue weighted by Gasteiger charge is -2.15. The van der Waals surface area contributed by atoms with Crippen LogP contribution in [-0.4, -0.2) is 35.1 Å². The van der Waals surface area contributed by atoms with Crippen LogP contribution >= 0.6 is 0 Å². The Balaban J connectivity index is 1.68. The van der Waals surface area contributed by atoms with Crippen molar-refractivity contribution in [3.05, 3.63) is 54.1 Å². The minimum absolute atomic E-state index is 0.618. The molecule has 1 aromatic carbocycles. The number of nitrogens with zero attached hydrogens (tertiary/aromatic N) is 4. The van der Waals surface area contributed by atoms with Crippen LogP contribution in [0.25, 0.3) is 0 Å². The Morgan fingerprint density at radius 2 is 2.24 bits per heavy atom. The molecular formula is C16H18N4O. The highest BCUT2D eigenvalue weighted by Gasteiger charge is 2.02. The average molecular weight is 282 g/mol. The maximum atomic E-state index is 8.82. The van der Waals surface area contributed by atoms with E-state index in [2.05, 4.69) is 20.9 Å². The number of aromatic nitrogens is 2. The van der Waals surface area contributed by atoms with Crippen LogP contribution in [0.3, 0.4) is 0 Å². The summed E-state index contributed by atoms with van der Waals surface area (Å²) in [5, 5.41) is 8.82. The van der Waals surface area contributed by atoms with Crippen molar-refractivity contribution in [2.45, 2.75) is 13.0 Å². The van der Waals surface area contributed by atoms with E-state index in [1.807, 2.05) is 19.2 Å². The van der Waals surface area contributed by atoms with Crippen molar-refractivity contribution in [1.82, 2.24) is 14.9 Å². The largest absolute Gasteiger partial charge is 0.494 e. The topological polar surface area (TPSA) is 62.0 Å². The van der Waals surface area contributed by atoms with E-state index in [9.17, 15) is 0 Å². The molecule has 108 valence electrons. The van der Waals surface area contributed by atoms with Crippen LogP contribution in [0.4, 0.5) is 0 Å². The first-order chi connectivity index (χ1) is 10.3. The zero-order valence-electron chi connectivity index (χ0n) is 12.1. The van der Waals surface area contributed by atoms with Gasteiger partial charge in [0, 0.05) is 31.7 Å². The van der Waals surface area contributed by atoms with E-state index in [0.29, 0.717) is 12.2 Å². The quantitative estimate of drug-likeness (QED) is 0.729. The van der Waals surface area contributed by atoms with Gasteiger partial charge < -0.3 is 9.64 Å². The van der Waals surface area contributed by atoms with Crippen LogP contribution < -0.4 is 4.74 Å². The minimum atomic E-state index is 0.618. The maximum Gasteiger partial charge on any atom is 0.120 e. The first kappa shape index (κ1) is 14.9. The van der Waals surface area contributed by atoms with Crippen molar-refractivity contribution >= 4 is 0 Å². The molecule has 1 heterocycles. The highest BCUT2D eigenvalue weighted by Crippen LogP contribution is 2.12. The molecular weight excluding hydrogens is 264 g/mol. The molecule has 2 aromatic rings. The molecule has 0 aliphatic rings. The number of benzene rings is 1. The number of rotatable bonds is 7. The second kappa shape index (κ2) is 7.98. The third-order valence-electron chi connectivity index (χ3n) is 2.96. The lowest BCUT2D eigenvalue weighted by Crippen LogP contribution is -2.21. The van der Waals surface area contributed by atoms with Gasteiger partial charge in [-0.15, -0.1) is 0 Å². The van der Waals surface area contributed by atoms with E-state index in [-0.39, 0.29) is 0 Å². The first-order valence-corrected chi connectivity index (χ1v) is 6.84. The van der Waals surface area contributed by atoms with E-state index in [0.717, 1.165) is 31.0 Å². The van der Waals surface area contributed by atoms with Gasteiger partial charge in [-0.3, -0.25) is 9.97 Å². The summed E-state index contributed by atoms with van der Waals surface area (Å²) in [6, 6.07) is 9.31. The highest BCUT2D eigenvalue weighted by atomic mass is 16.5. The molecule has 0 unspecified atom stereocenters. The summed E-state index contributed by atoms with van der Waals surface area (Å²) in [7, 11) is 2.05. The van der Waals surface area contributed by atoms with Gasteiger partial charge >= 0.3 is 0 Å². The molecule has 5 heteroatoms. The Bertz CT molecular complexity index is 595. The molecule has 0 atom stereocenters. The van der Waals surface area contributed by atoms with Gasteiger partial charge in [-0.05, 0) is 31.7 Å². The molecule has 0 amide bonds. The lowest BCUT2D eigenvalue weighted by molar-refractivity contribution is 0.257. The number of nitriles is 1. The molecule has 0 fully saturated rings. The van der Waals surface area contributed by atoms with Gasteiger partial charge in [-0.2, -0.15) is 5.26 Å². The fourth-order valence-electron chi connectivity index (χ4n) is 1.95. The third-order valence-corrected chi connectivity index (χ3v) is 2.96. The van der Waals surface area contributed by atoms with E-state index < -0.39 is 0 Å². The van der Waals surface area contributed by atoms with Crippen LogP contribution in [0.5, 0.6) is 5.75 Å². The van der Waals surface area contributed by atoms with E-state index in [1.54, 1.807) is 30.7 Å². The van der Waals surface area contributed by atoms with Crippen LogP contribution in [-0.2, 0) is 6.54 Å². The van der Waals surface area contributed by atoms with E-state index in [4.69, 9.17) is 10.00 Å². The number of hydrogen-bond acceptors (Lipinski definition) is 5. The molecule has 0 spiro atoms. The minimum Gasteiger partial charge on any atom is -0.494 e. The van der Waals surface area contributed by atoms with Gasteiger partial charge in [-0.25, -0.2) is 0 Å². The monoisotopic (exact) mass is 282 g/mol. The predicted octanol–water partition coefficient (Wildman–Crippen LogP) is 2.25. The fourth-order valence-corrected chi connectivity index (χ4v) is 1.95. The zero-order chi connectivity index (χ0) is 14.9. The Labute approximate surface area is 124 Å². The van der Waals surface area contributed by atoms with Crippen LogP contribution in [0.1, 0.15) is 17.7 Å². The molecule has 0 saturated heterocycles. The molecule has 0 bridgehead atoms. The Morgan fingerprint density at radius 3 is 3.00 bits per heavy atom. The number of ether oxygens (including phenoxy) is 1. The van der Waals surface area contributed by atoms with Crippen molar-refractivity contribution in [2.75, 3.05) is 20.2 Å². The molecule has 0 radical (unpaired) electrons. The zero-order valence-corrected chi connectivity index (χ0v) is 12.1. The summed E-state index contributed by atoms with van der Waals surface area (Å²) in [4.78, 5) is 10.5. The van der Waals surface area contributed by atoms with Gasteiger partial charge in [0.15, 0.2) is 0 Å². The second-order valence-electron chi connectivity index (χ2n) is 4.78. The third kappa shape index (κ3) is 5.21. The number of hydrogen-bond donors (Lipinski definition) is 0. The average Bonchev–Trinajstić information content (AvgIpc) is 2.53. The molecule has 5 nitrogen and oxygen atoms in total. The van der Waals surface area contributed by atoms with Crippen molar-refractivity contribution < 1.29 is 4.74 Å². The van der Waals surface area contributed by atoms with Crippen molar-refractivity contribution in [3.8, 4) is 11.8 Å². The van der Waals surface area contributed by atoms with Gasteiger partial charge in [0.2, 0.25) is 0 Å². The molecule has 0 N–H and O–H groups in total. The lowest BCUT2D eigenvalue weighted by atomic mass is 10.2. The fraction of sp³-hybridized carbons (Fsp3) is 0.312. The van der Waals surface area contributed by atoms with Crippen molar-refractivity contribution in [2.24, 2.45) is 0 Å². The highest BCUT2D eigenvalue weighted by molar-refractivity contribution is 5.36. The van der Waals surface area contributed by atoms with E-state index >= 15 is 0 Å². The summed E-state index contributed by atoms with van der Waals surface area (Å²) in [6.45, 7) is 2.31. The Kier molecular flexibility index (Phi) is 5.68. The molecule has 1 aromatic heterocycles. The summed E-state index contributed by atoms with van der Waals surface area (Å²) < 4.78 is 5.64. The second-order valence-corrected chi connectivity index (χ2v) is 4.78. The maximum absolute atomic E-state index is 8.82.